The summed E-state index contributed by atoms with van der Waals surface area (Å²) in [5.41, 5.74) is 10.5. The van der Waals surface area contributed by atoms with E-state index in [1.54, 1.807) is 76.5 Å². The van der Waals surface area contributed by atoms with Crippen LogP contribution in [0.5, 0.6) is 34.5 Å². The molecule has 0 bridgehead atoms. The molecule has 2 aliphatic heterocycles. The first kappa shape index (κ1) is 49.6. The number of nitrogens with two attached hydrogens (primary N) is 1. The summed E-state index contributed by atoms with van der Waals surface area (Å²) in [5.74, 6) is 6.89. The molecule has 0 radical (unpaired) electrons. The van der Waals surface area contributed by atoms with E-state index in [1.807, 2.05) is 97.2 Å². The minimum Gasteiger partial charge on any atom is -0.497 e. The Kier molecular flexibility index (Phi) is 15.3. The van der Waals surface area contributed by atoms with Crippen molar-refractivity contribution >= 4 is 63.8 Å². The van der Waals surface area contributed by atoms with E-state index in [4.69, 9.17) is 73.9 Å². The molecule has 20 nitrogen and oxygen atoms in total. The van der Waals surface area contributed by atoms with E-state index in [0.717, 1.165) is 34.0 Å². The van der Waals surface area contributed by atoms with Crippen molar-refractivity contribution in [2.24, 2.45) is 0 Å². The molecule has 8 aromatic rings. The van der Waals surface area contributed by atoms with E-state index in [1.165, 1.54) is 0 Å². The highest BCUT2D eigenvalue weighted by Crippen LogP contribution is 2.42. The Balaban J connectivity index is 0.000000159. The predicted molar refractivity (Wildman–Crippen MR) is 271 cm³/mol. The topological polar surface area (TPSA) is 213 Å². The van der Waals surface area contributed by atoms with Crippen LogP contribution in [0.3, 0.4) is 0 Å². The number of nitrogen functional groups attached to an aromatic ring is 1. The van der Waals surface area contributed by atoms with Crippen LogP contribution in [0.15, 0.2) is 98.4 Å². The number of nitrogens with zero attached hydrogens (tertiary/aromatic N) is 12. The van der Waals surface area contributed by atoms with Gasteiger partial charge in [0.15, 0.2) is 46.3 Å². The van der Waals surface area contributed by atoms with Crippen molar-refractivity contribution in [1.29, 1.82) is 0 Å². The zero-order chi connectivity index (χ0) is 50.3. The van der Waals surface area contributed by atoms with Gasteiger partial charge in [0.1, 0.15) is 37.4 Å². The summed E-state index contributed by atoms with van der Waals surface area (Å²) in [6.07, 6.45) is 13.6. The molecule has 3 N–H and O–H groups in total. The molecule has 6 aromatic heterocycles. The molecule has 0 spiro atoms. The van der Waals surface area contributed by atoms with Gasteiger partial charge in [0.25, 0.3) is 0 Å². The Hall–Kier alpha value is -7.81. The number of aryl methyl sites for hydroxylation is 2. The first-order valence-corrected chi connectivity index (χ1v) is 22.8. The maximum absolute atomic E-state index is 6.50. The van der Waals surface area contributed by atoms with Crippen molar-refractivity contribution < 1.29 is 28.4 Å². The van der Waals surface area contributed by atoms with Gasteiger partial charge in [-0.3, -0.25) is 9.13 Å². The van der Waals surface area contributed by atoms with Gasteiger partial charge in [-0.1, -0.05) is 23.2 Å². The number of halogens is 3. The average Bonchev–Trinajstić information content (AvgIpc) is 4.03. The number of anilines is 5. The molecule has 2 aliphatic rings. The fourth-order valence-electron chi connectivity index (χ4n) is 7.58. The number of imidazole rings is 2. The number of benzene rings is 2. The van der Waals surface area contributed by atoms with Crippen LogP contribution in [0.2, 0.25) is 15.3 Å². The third-order valence-corrected chi connectivity index (χ3v) is 12.1. The lowest BCUT2D eigenvalue weighted by molar-refractivity contribution is 0.264. The molecule has 2 aromatic carbocycles. The Morgan fingerprint density at radius 1 is 0.592 bits per heavy atom. The van der Waals surface area contributed by atoms with Gasteiger partial charge in [-0.05, 0) is 61.8 Å². The number of methoxy groups -OCH3 is 4. The minimum atomic E-state index is -0.146. The lowest BCUT2D eigenvalue weighted by Gasteiger charge is -2.35. The molecule has 23 heteroatoms. The molecular weight excluding hydrogens is 975 g/mol. The van der Waals surface area contributed by atoms with Crippen molar-refractivity contribution in [2.45, 2.75) is 25.9 Å². The second-order valence-electron chi connectivity index (χ2n) is 15.9. The molecule has 2 atom stereocenters. The van der Waals surface area contributed by atoms with Crippen LogP contribution in [0, 0.1) is 13.8 Å². The standard InChI is InChI=1S/C24H24ClN7O3.C14H13Cl2N3O2.C10H12N4O/c1-14-11-32(13-28-14)22-20(34-4)7-15(9-26-22)29-24-27-10-21-23(30-24)31(2)19(12-35-21)17-8-16(33-3)5-6-18(17)25;1-19-11(9-5-8(20-2)3-4-10(9)15)7-21-12-6-17-14(16)18-13(12)19;1-7-5-14(6-13-7)10-9(15-2)3-8(11)4-12-10/h5-11,13,19H,12H2,1-4H3,(H,27,29,30);3-6,11H,7H2,1-2H3;3-6H,11H2,1-2H3. The Morgan fingerprint density at radius 3 is 1.61 bits per heavy atom. The number of aromatic nitrogens is 10. The molecule has 368 valence electrons. The zero-order valence-corrected chi connectivity index (χ0v) is 42.1. The van der Waals surface area contributed by atoms with Crippen LogP contribution in [-0.2, 0) is 0 Å². The number of fused-ring (bicyclic) bond motifs is 2. The molecule has 71 heavy (non-hydrogen) atoms. The number of rotatable bonds is 10. The summed E-state index contributed by atoms with van der Waals surface area (Å²) in [4.78, 5) is 38.4. The SMILES string of the molecule is COc1cc(N)cnc1-n1cnc(C)c1.COc1ccc(Cl)c(C2COc3cnc(Cl)nc3N2C)c1.COc1ccc(Cl)c(C2COc3cnc(Nc4cnc(-n5cnc(C)c5)c(OC)c4)nc3N2C)c1. The predicted octanol–water partition coefficient (Wildman–Crippen LogP) is 8.88. The van der Waals surface area contributed by atoms with Gasteiger partial charge in [0.2, 0.25) is 11.2 Å². The fourth-order valence-corrected chi connectivity index (χ4v) is 8.20. The quantitative estimate of drug-likeness (QED) is 0.122. The Labute approximate surface area is 424 Å². The Morgan fingerprint density at radius 2 is 1.10 bits per heavy atom. The van der Waals surface area contributed by atoms with Crippen molar-refractivity contribution in [1.82, 2.24) is 49.0 Å². The molecule has 0 saturated heterocycles. The average molecular weight is 1020 g/mol. The van der Waals surface area contributed by atoms with Crippen molar-refractivity contribution in [3.8, 4) is 46.1 Å². The van der Waals surface area contributed by atoms with Gasteiger partial charge < -0.3 is 49.3 Å². The maximum atomic E-state index is 6.50. The number of ether oxygens (including phenoxy) is 6. The summed E-state index contributed by atoms with van der Waals surface area (Å²) in [6.45, 7) is 4.68. The zero-order valence-electron chi connectivity index (χ0n) is 39.8. The highest BCUT2D eigenvalue weighted by molar-refractivity contribution is 6.32. The molecule has 0 amide bonds. The van der Waals surface area contributed by atoms with Gasteiger partial charge in [0, 0.05) is 59.8 Å². The normalized spacial score (nSPS) is 14.5. The first-order valence-electron chi connectivity index (χ1n) is 21.7. The van der Waals surface area contributed by atoms with E-state index in [2.05, 4.69) is 40.2 Å². The van der Waals surface area contributed by atoms with Crippen LogP contribution in [-0.4, -0.2) is 105 Å². The van der Waals surface area contributed by atoms with Crippen LogP contribution in [0.25, 0.3) is 11.6 Å². The lowest BCUT2D eigenvalue weighted by Crippen LogP contribution is -2.34. The van der Waals surface area contributed by atoms with Crippen LogP contribution in [0.4, 0.5) is 29.0 Å². The maximum Gasteiger partial charge on any atom is 0.229 e. The van der Waals surface area contributed by atoms with Gasteiger partial charge in [-0.25, -0.2) is 29.9 Å². The van der Waals surface area contributed by atoms with Gasteiger partial charge >= 0.3 is 0 Å². The van der Waals surface area contributed by atoms with Crippen molar-refractivity contribution in [3.63, 3.8) is 0 Å². The molecule has 0 aliphatic carbocycles. The molecular formula is C48H49Cl3N14O6. The highest BCUT2D eigenvalue weighted by atomic mass is 35.5. The summed E-state index contributed by atoms with van der Waals surface area (Å²) < 4.78 is 36.7. The molecule has 0 saturated carbocycles. The number of hydrogen-bond acceptors (Lipinski definition) is 18. The third-order valence-electron chi connectivity index (χ3n) is 11.3. The van der Waals surface area contributed by atoms with E-state index >= 15 is 0 Å². The first-order chi connectivity index (χ1) is 34.3. The third kappa shape index (κ3) is 11.1. The number of pyridine rings is 2. The van der Waals surface area contributed by atoms with Crippen LogP contribution >= 0.6 is 34.8 Å². The second-order valence-corrected chi connectivity index (χ2v) is 17.0. The molecule has 10 rings (SSSR count). The number of hydrogen-bond donors (Lipinski definition) is 2. The molecule has 2 unspecified atom stereocenters. The van der Waals surface area contributed by atoms with Crippen LogP contribution < -0.4 is 49.3 Å². The van der Waals surface area contributed by atoms with Gasteiger partial charge in [-0.15, -0.1) is 0 Å². The van der Waals surface area contributed by atoms with E-state index < -0.39 is 0 Å². The summed E-state index contributed by atoms with van der Waals surface area (Å²) in [5, 5.41) is 4.67. The minimum absolute atomic E-state index is 0.0777. The molecule has 8 heterocycles. The number of nitrogens with one attached hydrogen (secondary N) is 1. The lowest BCUT2D eigenvalue weighted by atomic mass is 10.0. The van der Waals surface area contributed by atoms with E-state index in [-0.39, 0.29) is 17.4 Å². The van der Waals surface area contributed by atoms with E-state index in [0.29, 0.717) is 86.9 Å². The second kappa shape index (κ2) is 21.9. The van der Waals surface area contributed by atoms with Gasteiger partial charge in [-0.2, -0.15) is 9.97 Å². The largest absolute Gasteiger partial charge is 0.497 e. The summed E-state index contributed by atoms with van der Waals surface area (Å²) in [6, 6.07) is 14.4. The summed E-state index contributed by atoms with van der Waals surface area (Å²) in [7, 11) is 10.3. The fraction of sp³-hybridized carbons (Fsp3) is 0.250. The van der Waals surface area contributed by atoms with Crippen LogP contribution in [0.1, 0.15) is 34.6 Å². The summed E-state index contributed by atoms with van der Waals surface area (Å²) >= 11 is 18.7. The van der Waals surface area contributed by atoms with Crippen molar-refractivity contribution in [3.05, 3.63) is 136 Å². The molecule has 0 fully saturated rings. The smallest absolute Gasteiger partial charge is 0.229 e. The monoisotopic (exact) mass is 1020 g/mol. The Bertz CT molecular complexity index is 3160. The highest BCUT2D eigenvalue weighted by Gasteiger charge is 2.31. The number of likely N-dealkylation sites (N-methyl/N-ethyl adjacent to an activating group) is 2. The van der Waals surface area contributed by atoms with Crippen molar-refractivity contribution in [2.75, 3.05) is 76.6 Å². The van der Waals surface area contributed by atoms with Gasteiger partial charge in [0.05, 0.1) is 88.1 Å². The van der Waals surface area contributed by atoms with E-state index in [9.17, 15) is 0 Å².